The van der Waals surface area contributed by atoms with E-state index in [1.165, 1.54) is 21.0 Å². The molecular formula is C18H22N2O5Y6-2. The Morgan fingerprint density at radius 1 is 0.645 bits per heavy atom. The van der Waals surface area contributed by atoms with Gasteiger partial charge in [-0.3, -0.25) is 0 Å². The molecule has 2 aliphatic rings. The van der Waals surface area contributed by atoms with Crippen molar-refractivity contribution < 1.29 is 220 Å². The second-order valence-corrected chi connectivity index (χ2v) is 6.63. The summed E-state index contributed by atoms with van der Waals surface area (Å²) >= 11 is 0. The maximum atomic E-state index is 11.3. The summed E-state index contributed by atoms with van der Waals surface area (Å²) in [7, 11) is 2.65. The number of carbonyl (C=O) groups is 5. The smallest absolute Gasteiger partial charge is 0.311 e. The molecule has 0 aromatic carbocycles. The number of allylic oxidation sites excluding steroid dienone is 3. The molecule has 0 unspecified atom stereocenters. The van der Waals surface area contributed by atoms with Gasteiger partial charge in [0.05, 0.1) is 11.6 Å². The number of rotatable bonds is 0. The quantitative estimate of drug-likeness (QED) is 0.209. The van der Waals surface area contributed by atoms with Gasteiger partial charge in [0.1, 0.15) is 0 Å². The van der Waals surface area contributed by atoms with Crippen molar-refractivity contribution >= 4 is 29.4 Å². The molecule has 6 radical (unpaired) electrons. The Bertz CT molecular complexity index is 674. The van der Waals surface area contributed by atoms with Crippen molar-refractivity contribution in [2.75, 3.05) is 14.1 Å². The number of carbonyl (C=O) groups excluding carboxylic acids is 5. The van der Waals surface area contributed by atoms with Crippen LogP contribution in [0.2, 0.25) is 0 Å². The van der Waals surface area contributed by atoms with Gasteiger partial charge in [0.2, 0.25) is 0 Å². The molecule has 1 aliphatic carbocycles. The van der Waals surface area contributed by atoms with Gasteiger partial charge in [-0.15, -0.1) is 5.57 Å². The fourth-order valence-electron chi connectivity index (χ4n) is 2.58. The molecule has 0 bridgehead atoms. The van der Waals surface area contributed by atoms with Crippen LogP contribution in [0.3, 0.4) is 0 Å². The van der Waals surface area contributed by atoms with Crippen LogP contribution in [-0.4, -0.2) is 53.3 Å². The van der Waals surface area contributed by atoms with Crippen molar-refractivity contribution in [3.8, 4) is 0 Å². The van der Waals surface area contributed by atoms with E-state index in [9.17, 15) is 24.0 Å². The van der Waals surface area contributed by atoms with Crippen molar-refractivity contribution in [2.24, 2.45) is 5.41 Å². The summed E-state index contributed by atoms with van der Waals surface area (Å²) in [6, 6.07) is -0.617. The molecule has 1 saturated carbocycles. The molecule has 1 heterocycles. The van der Waals surface area contributed by atoms with Gasteiger partial charge >= 0.3 is 6.03 Å². The molecule has 2 rings (SSSR count). The van der Waals surface area contributed by atoms with Crippen molar-refractivity contribution in [1.82, 2.24) is 9.80 Å². The van der Waals surface area contributed by atoms with Gasteiger partial charge in [0.25, 0.3) is 0 Å². The van der Waals surface area contributed by atoms with E-state index in [0.29, 0.717) is 12.8 Å². The van der Waals surface area contributed by atoms with E-state index in [1.807, 2.05) is 13.8 Å². The molecule has 2 fully saturated rings. The average Bonchev–Trinajstić information content (AvgIpc) is 2.51. The van der Waals surface area contributed by atoms with E-state index in [0.717, 1.165) is 9.80 Å². The molecular weight excluding hydrogens is 858 g/mol. The summed E-state index contributed by atoms with van der Waals surface area (Å²) in [5.41, 5.74) is 0.0213. The first-order chi connectivity index (χ1) is 11.5. The molecule has 4 amide bonds. The standard InChI is InChI=1S/C10H13O2.C8H9N2O3.6Y/c1-4-7-8(11)5-10(2,3)6-9(7)12;1-4-5-6(11)9(2)8(13)10(3)7(5)12;;;;;;/h5-6H2,1-3H3;1-3H3;;;;;;/q2*-1;;;;;;. The molecule has 0 N–H and O–H groups in total. The molecule has 31 heavy (non-hydrogen) atoms. The third kappa shape index (κ3) is 14.0. The fraction of sp³-hybridized carbons (Fsp3) is 0.500. The monoisotopic (exact) mass is 880 g/mol. The Balaban J connectivity index is -0.0000000846. The van der Waals surface area contributed by atoms with E-state index < -0.39 is 17.8 Å². The van der Waals surface area contributed by atoms with Gasteiger partial charge < -0.3 is 29.0 Å². The van der Waals surface area contributed by atoms with E-state index >= 15 is 0 Å². The number of imide groups is 2. The zero-order chi connectivity index (χ0) is 19.5. The van der Waals surface area contributed by atoms with Crippen LogP contribution in [0.1, 0.15) is 40.5 Å². The molecule has 1 saturated heterocycles. The molecule has 13 heteroatoms. The van der Waals surface area contributed by atoms with E-state index in [-0.39, 0.29) is 224 Å². The largest absolute Gasteiger partial charge is 0.370 e. The van der Waals surface area contributed by atoms with Crippen LogP contribution in [-0.2, 0) is 215 Å². The van der Waals surface area contributed by atoms with Crippen LogP contribution in [0.4, 0.5) is 4.79 Å². The van der Waals surface area contributed by atoms with Crippen LogP contribution in [0, 0.1) is 17.6 Å². The molecule has 0 spiro atoms. The summed E-state index contributed by atoms with van der Waals surface area (Å²) in [6.45, 7) is 6.95. The normalized spacial score (nSPS) is 16.5. The number of amides is 4. The minimum atomic E-state index is -0.617. The summed E-state index contributed by atoms with van der Waals surface area (Å²) in [4.78, 5) is 58.2. The van der Waals surface area contributed by atoms with Crippen LogP contribution in [0.25, 0.3) is 0 Å². The zero-order valence-electron chi connectivity index (χ0n) is 18.8. The van der Waals surface area contributed by atoms with Gasteiger partial charge in [-0.25, -0.2) is 4.79 Å². The SMILES string of the molecule is C[C-]=C1C(=O)CC(C)(C)CC1=O.C[C-]=C1C(=O)N(C)C(=O)N(C)C1=O.[Y].[Y].[Y].[Y].[Y].[Y]. The predicted molar refractivity (Wildman–Crippen MR) is 88.8 cm³/mol. The van der Waals surface area contributed by atoms with E-state index in [4.69, 9.17) is 0 Å². The van der Waals surface area contributed by atoms with E-state index in [1.54, 1.807) is 6.92 Å². The first-order valence-corrected chi connectivity index (χ1v) is 7.72. The van der Waals surface area contributed by atoms with Gasteiger partial charge in [0, 0.05) is 210 Å². The molecule has 0 atom stereocenters. The topological polar surface area (TPSA) is 91.8 Å². The summed E-state index contributed by atoms with van der Waals surface area (Å²) in [6.07, 6.45) is 6.06. The Morgan fingerprint density at radius 2 is 0.935 bits per heavy atom. The van der Waals surface area contributed by atoms with Crippen molar-refractivity contribution in [1.29, 1.82) is 0 Å². The van der Waals surface area contributed by atoms with Gasteiger partial charge in [-0.05, 0) is 18.3 Å². The number of Topliss-reactive ketones (excluding diaryl/α,β-unsaturated/α-hetero) is 2. The van der Waals surface area contributed by atoms with Crippen LogP contribution >= 0.6 is 0 Å². The van der Waals surface area contributed by atoms with Crippen molar-refractivity contribution in [3.63, 3.8) is 0 Å². The van der Waals surface area contributed by atoms with Gasteiger partial charge in [-0.1, -0.05) is 33.3 Å². The third-order valence-electron chi connectivity index (χ3n) is 3.95. The molecule has 7 nitrogen and oxygen atoms in total. The second kappa shape index (κ2) is 22.1. The Kier molecular flexibility index (Phi) is 34.3. The number of urea groups is 1. The summed E-state index contributed by atoms with van der Waals surface area (Å²) in [5, 5.41) is 0. The summed E-state index contributed by atoms with van der Waals surface area (Å²) < 4.78 is 0. The Labute approximate surface area is 335 Å². The number of barbiturate groups is 1. The van der Waals surface area contributed by atoms with Gasteiger partial charge in [-0.2, -0.15) is 12.2 Å². The minimum Gasteiger partial charge on any atom is -0.370 e. The van der Waals surface area contributed by atoms with Gasteiger partial charge in [0.15, 0.2) is 11.8 Å². The molecule has 154 valence electrons. The van der Waals surface area contributed by atoms with Crippen LogP contribution in [0.15, 0.2) is 11.1 Å². The third-order valence-corrected chi connectivity index (χ3v) is 3.95. The fourth-order valence-corrected chi connectivity index (χ4v) is 2.58. The number of nitrogens with zero attached hydrogens (tertiary/aromatic N) is 2. The maximum Gasteiger partial charge on any atom is 0.311 e. The molecule has 1 aliphatic heterocycles. The Morgan fingerprint density at radius 3 is 1.19 bits per heavy atom. The predicted octanol–water partition coefficient (Wildman–Crippen LogP) is 1.47. The summed E-state index contributed by atoms with van der Waals surface area (Å²) in [5.74, 6) is -1.32. The van der Waals surface area contributed by atoms with E-state index in [2.05, 4.69) is 12.2 Å². The maximum absolute atomic E-state index is 11.3. The first kappa shape index (κ1) is 48.2. The van der Waals surface area contributed by atoms with Crippen LogP contribution in [0.5, 0.6) is 0 Å². The number of ketones is 2. The Hall–Kier alpha value is 4.05. The minimum absolute atomic E-state index is 0. The molecule has 0 aromatic rings. The van der Waals surface area contributed by atoms with Crippen molar-refractivity contribution in [2.45, 2.75) is 40.5 Å². The van der Waals surface area contributed by atoms with Crippen LogP contribution < -0.4 is 0 Å². The number of hydrogen-bond donors (Lipinski definition) is 0. The number of likely N-dealkylation sites (N-methyl/N-ethyl adjacent to an activating group) is 2. The number of hydrogen-bond acceptors (Lipinski definition) is 5. The second-order valence-electron chi connectivity index (χ2n) is 6.63. The average molecular weight is 880 g/mol. The first-order valence-electron chi connectivity index (χ1n) is 7.72. The zero-order valence-corrected chi connectivity index (χ0v) is 35.8. The molecule has 0 aromatic heterocycles. The van der Waals surface area contributed by atoms with Crippen molar-refractivity contribution in [3.05, 3.63) is 23.3 Å².